The molecule has 1 heterocycles. The summed E-state index contributed by atoms with van der Waals surface area (Å²) in [7, 11) is 3.74. The van der Waals surface area contributed by atoms with Crippen molar-refractivity contribution >= 4 is 11.3 Å². The summed E-state index contributed by atoms with van der Waals surface area (Å²) in [5.41, 5.74) is 1.28. The van der Waals surface area contributed by atoms with Crippen molar-refractivity contribution < 1.29 is 4.74 Å². The van der Waals surface area contributed by atoms with Gasteiger partial charge in [-0.25, -0.2) is 4.98 Å². The maximum atomic E-state index is 5.08. The number of aryl methyl sites for hydroxylation is 1. The zero-order valence-corrected chi connectivity index (χ0v) is 12.2. The summed E-state index contributed by atoms with van der Waals surface area (Å²) in [6.07, 6.45) is 3.18. The Morgan fingerprint density at radius 2 is 2.18 bits per heavy atom. The van der Waals surface area contributed by atoms with Crippen molar-refractivity contribution in [1.29, 1.82) is 0 Å². The maximum absolute atomic E-state index is 5.08. The van der Waals surface area contributed by atoms with E-state index in [1.165, 1.54) is 15.6 Å². The number of aromatic nitrogens is 1. The van der Waals surface area contributed by atoms with Crippen LogP contribution >= 0.6 is 11.3 Å². The molecule has 17 heavy (non-hydrogen) atoms. The number of hydrogen-bond donors (Lipinski definition) is 1. The van der Waals surface area contributed by atoms with E-state index in [9.17, 15) is 0 Å². The van der Waals surface area contributed by atoms with Gasteiger partial charge in [-0.05, 0) is 25.8 Å². The third-order valence-corrected chi connectivity index (χ3v) is 3.66. The van der Waals surface area contributed by atoms with Gasteiger partial charge in [-0.1, -0.05) is 13.8 Å². The Labute approximate surface area is 109 Å². The van der Waals surface area contributed by atoms with Gasteiger partial charge in [0.1, 0.15) is 0 Å². The summed E-state index contributed by atoms with van der Waals surface area (Å²) in [6, 6.07) is 0. The molecule has 0 aromatic carbocycles. The Morgan fingerprint density at radius 3 is 2.76 bits per heavy atom. The predicted octanol–water partition coefficient (Wildman–Crippen LogP) is 2.64. The molecular weight excluding hydrogens is 232 g/mol. The van der Waals surface area contributed by atoms with Gasteiger partial charge in [0.2, 0.25) is 0 Å². The van der Waals surface area contributed by atoms with Crippen LogP contribution in [0.5, 0.6) is 0 Å². The molecule has 0 saturated carbocycles. The molecule has 0 fully saturated rings. The van der Waals surface area contributed by atoms with Gasteiger partial charge in [-0.15, -0.1) is 11.3 Å². The molecule has 1 aromatic rings. The molecular formula is C13H24N2OS. The van der Waals surface area contributed by atoms with Gasteiger partial charge in [0.25, 0.3) is 0 Å². The van der Waals surface area contributed by atoms with Crippen LogP contribution in [0.4, 0.5) is 0 Å². The number of methoxy groups -OCH3 is 1. The molecule has 0 aliphatic heterocycles. The number of rotatable bonds is 8. The predicted molar refractivity (Wildman–Crippen MR) is 73.6 cm³/mol. The molecule has 0 amide bonds. The second kappa shape index (κ2) is 7.80. The Kier molecular flexibility index (Phi) is 6.70. The monoisotopic (exact) mass is 256 g/mol. The summed E-state index contributed by atoms with van der Waals surface area (Å²) in [5, 5.41) is 4.48. The highest BCUT2D eigenvalue weighted by Crippen LogP contribution is 2.22. The fraction of sp³-hybridized carbons (Fsp3) is 0.769. The van der Waals surface area contributed by atoms with E-state index in [2.05, 4.69) is 19.2 Å². The van der Waals surface area contributed by atoms with Crippen molar-refractivity contribution in [2.24, 2.45) is 5.92 Å². The van der Waals surface area contributed by atoms with Crippen LogP contribution in [0.15, 0.2) is 0 Å². The van der Waals surface area contributed by atoms with Crippen molar-refractivity contribution in [3.8, 4) is 0 Å². The lowest BCUT2D eigenvalue weighted by Gasteiger charge is -2.03. The zero-order chi connectivity index (χ0) is 12.7. The van der Waals surface area contributed by atoms with E-state index in [0.29, 0.717) is 5.92 Å². The molecule has 1 rings (SSSR count). The summed E-state index contributed by atoms with van der Waals surface area (Å²) < 4.78 is 5.08. The van der Waals surface area contributed by atoms with Gasteiger partial charge >= 0.3 is 0 Å². The number of hydrogen-bond acceptors (Lipinski definition) is 4. The average molecular weight is 256 g/mol. The lowest BCUT2D eigenvalue weighted by atomic mass is 10.1. The summed E-state index contributed by atoms with van der Waals surface area (Å²) in [5.74, 6) is 0.666. The fourth-order valence-electron chi connectivity index (χ4n) is 1.76. The van der Waals surface area contributed by atoms with Crippen LogP contribution in [-0.2, 0) is 24.1 Å². The summed E-state index contributed by atoms with van der Waals surface area (Å²) >= 11 is 1.85. The summed E-state index contributed by atoms with van der Waals surface area (Å²) in [4.78, 5) is 6.16. The highest BCUT2D eigenvalue weighted by molar-refractivity contribution is 7.11. The van der Waals surface area contributed by atoms with E-state index in [1.807, 2.05) is 18.4 Å². The second-order valence-corrected chi connectivity index (χ2v) is 5.87. The summed E-state index contributed by atoms with van der Waals surface area (Å²) in [6.45, 7) is 6.24. The molecule has 0 saturated heterocycles. The Hall–Kier alpha value is -0.450. The van der Waals surface area contributed by atoms with Gasteiger partial charge in [-0.3, -0.25) is 0 Å². The average Bonchev–Trinajstić information content (AvgIpc) is 2.61. The topological polar surface area (TPSA) is 34.1 Å². The standard InChI is InChI=1S/C13H24N2OS/c1-10(2)8-11-12(9-14-3)17-13(15-11)6-5-7-16-4/h10,14H,5-9H2,1-4H3. The molecule has 0 radical (unpaired) electrons. The van der Waals surface area contributed by atoms with Crippen molar-refractivity contribution in [1.82, 2.24) is 10.3 Å². The molecule has 0 spiro atoms. The van der Waals surface area contributed by atoms with Crippen LogP contribution in [0.2, 0.25) is 0 Å². The van der Waals surface area contributed by atoms with Gasteiger partial charge in [-0.2, -0.15) is 0 Å². The van der Waals surface area contributed by atoms with Crippen molar-refractivity contribution in [3.63, 3.8) is 0 Å². The normalized spacial score (nSPS) is 11.4. The third-order valence-electron chi connectivity index (χ3n) is 2.50. The first-order valence-electron chi connectivity index (χ1n) is 6.28. The van der Waals surface area contributed by atoms with Gasteiger partial charge in [0.15, 0.2) is 0 Å². The van der Waals surface area contributed by atoms with Crippen LogP contribution < -0.4 is 5.32 Å². The Bertz CT molecular complexity index is 323. The van der Waals surface area contributed by atoms with Crippen LogP contribution in [0.3, 0.4) is 0 Å². The minimum absolute atomic E-state index is 0.666. The van der Waals surface area contributed by atoms with Crippen LogP contribution in [-0.4, -0.2) is 25.7 Å². The molecule has 0 atom stereocenters. The van der Waals surface area contributed by atoms with Crippen molar-refractivity contribution in [2.75, 3.05) is 20.8 Å². The maximum Gasteiger partial charge on any atom is 0.0932 e. The lowest BCUT2D eigenvalue weighted by molar-refractivity contribution is 0.195. The van der Waals surface area contributed by atoms with Crippen LogP contribution in [0.25, 0.3) is 0 Å². The van der Waals surface area contributed by atoms with E-state index < -0.39 is 0 Å². The molecule has 0 unspecified atom stereocenters. The molecule has 98 valence electrons. The first-order chi connectivity index (χ1) is 8.17. The zero-order valence-electron chi connectivity index (χ0n) is 11.4. The molecule has 4 heteroatoms. The van der Waals surface area contributed by atoms with E-state index in [-0.39, 0.29) is 0 Å². The highest BCUT2D eigenvalue weighted by Gasteiger charge is 2.11. The molecule has 0 bridgehead atoms. The quantitative estimate of drug-likeness (QED) is 0.726. The SMILES string of the molecule is CNCc1sc(CCCOC)nc1CC(C)C. The molecule has 1 aromatic heterocycles. The van der Waals surface area contributed by atoms with E-state index in [0.717, 1.165) is 32.4 Å². The van der Waals surface area contributed by atoms with Crippen molar-refractivity contribution in [3.05, 3.63) is 15.6 Å². The van der Waals surface area contributed by atoms with Crippen molar-refractivity contribution in [2.45, 2.75) is 39.7 Å². The van der Waals surface area contributed by atoms with Gasteiger partial charge < -0.3 is 10.1 Å². The Balaban J connectivity index is 2.65. The molecule has 3 nitrogen and oxygen atoms in total. The van der Waals surface area contributed by atoms with Gasteiger partial charge in [0, 0.05) is 31.6 Å². The third kappa shape index (κ3) is 5.15. The van der Waals surface area contributed by atoms with Crippen LogP contribution in [0, 0.1) is 5.92 Å². The first-order valence-corrected chi connectivity index (χ1v) is 7.10. The second-order valence-electron chi connectivity index (χ2n) is 4.70. The Morgan fingerprint density at radius 1 is 1.41 bits per heavy atom. The minimum atomic E-state index is 0.666. The van der Waals surface area contributed by atoms with E-state index >= 15 is 0 Å². The largest absolute Gasteiger partial charge is 0.385 e. The smallest absolute Gasteiger partial charge is 0.0932 e. The fourth-order valence-corrected chi connectivity index (χ4v) is 2.91. The number of nitrogens with zero attached hydrogens (tertiary/aromatic N) is 1. The lowest BCUT2D eigenvalue weighted by Crippen LogP contribution is -2.07. The number of thiazole rings is 1. The van der Waals surface area contributed by atoms with E-state index in [4.69, 9.17) is 9.72 Å². The van der Waals surface area contributed by atoms with E-state index in [1.54, 1.807) is 7.11 Å². The number of ether oxygens (including phenoxy) is 1. The first kappa shape index (κ1) is 14.6. The highest BCUT2D eigenvalue weighted by atomic mass is 32.1. The van der Waals surface area contributed by atoms with Crippen LogP contribution in [0.1, 0.15) is 35.8 Å². The molecule has 1 N–H and O–H groups in total. The molecule has 0 aliphatic rings. The number of nitrogens with one attached hydrogen (secondary N) is 1. The molecule has 0 aliphatic carbocycles. The van der Waals surface area contributed by atoms with Gasteiger partial charge in [0.05, 0.1) is 10.7 Å². The minimum Gasteiger partial charge on any atom is -0.385 e.